The van der Waals surface area contributed by atoms with Crippen LogP contribution in [0.5, 0.6) is 5.75 Å². The molecule has 5 heteroatoms. The van der Waals surface area contributed by atoms with Gasteiger partial charge >= 0.3 is 0 Å². The van der Waals surface area contributed by atoms with E-state index < -0.39 is 0 Å². The number of amides is 1. The minimum atomic E-state index is -0.304. The molecule has 0 aromatic heterocycles. The first kappa shape index (κ1) is 15.2. The quantitative estimate of drug-likeness (QED) is 0.842. The van der Waals surface area contributed by atoms with Crippen LogP contribution in [0.15, 0.2) is 36.4 Å². The first-order valence-electron chi connectivity index (χ1n) is 6.61. The Balaban J connectivity index is 2.32. The lowest BCUT2D eigenvalue weighted by Gasteiger charge is -2.14. The maximum atomic E-state index is 12.5. The Morgan fingerprint density at radius 1 is 1.33 bits per heavy atom. The Morgan fingerprint density at radius 2 is 2.10 bits per heavy atom. The van der Waals surface area contributed by atoms with Gasteiger partial charge in [-0.3, -0.25) is 4.79 Å². The number of rotatable bonds is 4. The predicted octanol–water partition coefficient (Wildman–Crippen LogP) is 3.88. The highest BCUT2D eigenvalue weighted by Crippen LogP contribution is 2.27. The van der Waals surface area contributed by atoms with Gasteiger partial charge in [-0.15, -0.1) is 0 Å². The Labute approximate surface area is 128 Å². The summed E-state index contributed by atoms with van der Waals surface area (Å²) in [5, 5.41) is 3.46. The van der Waals surface area contributed by atoms with E-state index in [-0.39, 0.29) is 5.91 Å². The van der Waals surface area contributed by atoms with Gasteiger partial charge in [0.2, 0.25) is 0 Å². The Bertz CT molecular complexity index is 671. The Morgan fingerprint density at radius 3 is 2.76 bits per heavy atom. The molecule has 0 spiro atoms. The van der Waals surface area contributed by atoms with E-state index in [4.69, 9.17) is 22.1 Å². The van der Waals surface area contributed by atoms with Crippen LogP contribution in [0.3, 0.4) is 0 Å². The standard InChI is InChI=1S/C16H17ClN2O2/c1-3-21-14-6-4-5-12(18)15(14)16(20)19-13-8-7-11(17)9-10(13)2/h4-9H,3,18H2,1-2H3,(H,19,20). The van der Waals surface area contributed by atoms with Gasteiger partial charge in [0.05, 0.1) is 6.61 Å². The van der Waals surface area contributed by atoms with E-state index >= 15 is 0 Å². The molecule has 1 amide bonds. The largest absolute Gasteiger partial charge is 0.493 e. The topological polar surface area (TPSA) is 64.3 Å². The minimum absolute atomic E-state index is 0.304. The van der Waals surface area contributed by atoms with Crippen LogP contribution in [0, 0.1) is 6.92 Å². The molecule has 0 bridgehead atoms. The molecule has 110 valence electrons. The predicted molar refractivity (Wildman–Crippen MR) is 86.2 cm³/mol. The number of hydrogen-bond acceptors (Lipinski definition) is 3. The number of anilines is 2. The molecular weight excluding hydrogens is 288 g/mol. The van der Waals surface area contributed by atoms with Crippen LogP contribution in [-0.2, 0) is 0 Å². The first-order valence-corrected chi connectivity index (χ1v) is 6.99. The van der Waals surface area contributed by atoms with Crippen molar-refractivity contribution in [3.63, 3.8) is 0 Å². The molecular formula is C16H17ClN2O2. The van der Waals surface area contributed by atoms with Crippen molar-refractivity contribution in [2.75, 3.05) is 17.7 Å². The van der Waals surface area contributed by atoms with Gasteiger partial charge in [-0.25, -0.2) is 0 Å². The average Bonchev–Trinajstić information content (AvgIpc) is 2.42. The highest BCUT2D eigenvalue weighted by atomic mass is 35.5. The first-order chi connectivity index (χ1) is 10.0. The molecule has 0 atom stereocenters. The van der Waals surface area contributed by atoms with E-state index in [1.54, 1.807) is 36.4 Å². The zero-order chi connectivity index (χ0) is 15.4. The molecule has 0 heterocycles. The molecule has 0 saturated heterocycles. The van der Waals surface area contributed by atoms with Crippen molar-refractivity contribution in [2.45, 2.75) is 13.8 Å². The number of halogens is 1. The van der Waals surface area contributed by atoms with Gasteiger partial charge < -0.3 is 15.8 Å². The zero-order valence-electron chi connectivity index (χ0n) is 11.9. The van der Waals surface area contributed by atoms with Crippen molar-refractivity contribution in [2.24, 2.45) is 0 Å². The average molecular weight is 305 g/mol. The second-order valence-corrected chi connectivity index (χ2v) is 5.00. The van der Waals surface area contributed by atoms with E-state index in [0.717, 1.165) is 5.56 Å². The lowest BCUT2D eigenvalue weighted by Crippen LogP contribution is -2.16. The van der Waals surface area contributed by atoms with Crippen LogP contribution in [0.2, 0.25) is 5.02 Å². The number of hydrogen-bond donors (Lipinski definition) is 2. The van der Waals surface area contributed by atoms with Crippen LogP contribution in [0.1, 0.15) is 22.8 Å². The summed E-state index contributed by atoms with van der Waals surface area (Å²) >= 11 is 5.91. The number of benzene rings is 2. The lowest BCUT2D eigenvalue weighted by molar-refractivity contribution is 0.102. The Kier molecular flexibility index (Phi) is 4.70. The fraction of sp³-hybridized carbons (Fsp3) is 0.188. The molecule has 2 aromatic rings. The van der Waals surface area contributed by atoms with Gasteiger partial charge in [0.15, 0.2) is 0 Å². The summed E-state index contributed by atoms with van der Waals surface area (Å²) in [6, 6.07) is 10.4. The molecule has 21 heavy (non-hydrogen) atoms. The molecule has 0 fully saturated rings. The summed E-state index contributed by atoms with van der Waals surface area (Å²) < 4.78 is 5.46. The fourth-order valence-corrected chi connectivity index (χ4v) is 2.25. The smallest absolute Gasteiger partial charge is 0.261 e. The molecule has 4 nitrogen and oxygen atoms in total. The summed E-state index contributed by atoms with van der Waals surface area (Å²) in [4.78, 5) is 12.5. The number of carbonyl (C=O) groups is 1. The van der Waals surface area contributed by atoms with Crippen LogP contribution < -0.4 is 15.8 Å². The van der Waals surface area contributed by atoms with Crippen LogP contribution >= 0.6 is 11.6 Å². The second-order valence-electron chi connectivity index (χ2n) is 4.57. The number of carbonyl (C=O) groups excluding carboxylic acids is 1. The third-order valence-electron chi connectivity index (χ3n) is 3.02. The van der Waals surface area contributed by atoms with Crippen molar-refractivity contribution < 1.29 is 9.53 Å². The van der Waals surface area contributed by atoms with Gasteiger partial charge in [0, 0.05) is 16.4 Å². The molecule has 0 saturated carbocycles. The summed E-state index contributed by atoms with van der Waals surface area (Å²) in [5.74, 6) is 0.170. The SMILES string of the molecule is CCOc1cccc(N)c1C(=O)Nc1ccc(Cl)cc1C. The lowest BCUT2D eigenvalue weighted by atomic mass is 10.1. The summed E-state index contributed by atoms with van der Waals surface area (Å²) in [7, 11) is 0. The number of nitrogens with two attached hydrogens (primary N) is 1. The van der Waals surface area contributed by atoms with E-state index in [9.17, 15) is 4.79 Å². The molecule has 3 N–H and O–H groups in total. The highest BCUT2D eigenvalue weighted by molar-refractivity contribution is 6.30. The third-order valence-corrected chi connectivity index (χ3v) is 3.26. The second kappa shape index (κ2) is 6.50. The summed E-state index contributed by atoms with van der Waals surface area (Å²) in [5.41, 5.74) is 8.20. The van der Waals surface area contributed by atoms with Crippen molar-refractivity contribution in [3.05, 3.63) is 52.5 Å². The molecule has 0 aliphatic rings. The maximum Gasteiger partial charge on any atom is 0.261 e. The van der Waals surface area contributed by atoms with Crippen LogP contribution in [-0.4, -0.2) is 12.5 Å². The monoisotopic (exact) mass is 304 g/mol. The van der Waals surface area contributed by atoms with Crippen molar-refractivity contribution >= 4 is 28.9 Å². The van der Waals surface area contributed by atoms with Crippen molar-refractivity contribution in [1.82, 2.24) is 0 Å². The van der Waals surface area contributed by atoms with E-state index in [2.05, 4.69) is 5.32 Å². The highest BCUT2D eigenvalue weighted by Gasteiger charge is 2.17. The van der Waals surface area contributed by atoms with Gasteiger partial charge in [-0.05, 0) is 49.7 Å². The molecule has 0 aliphatic carbocycles. The fourth-order valence-electron chi connectivity index (χ4n) is 2.02. The number of ether oxygens (including phenoxy) is 1. The molecule has 0 aliphatic heterocycles. The molecule has 0 radical (unpaired) electrons. The van der Waals surface area contributed by atoms with E-state index in [0.29, 0.717) is 34.3 Å². The van der Waals surface area contributed by atoms with Gasteiger partial charge in [-0.2, -0.15) is 0 Å². The van der Waals surface area contributed by atoms with Crippen LogP contribution in [0.4, 0.5) is 11.4 Å². The normalized spacial score (nSPS) is 10.2. The Hall–Kier alpha value is -2.20. The number of nitrogens with one attached hydrogen (secondary N) is 1. The summed E-state index contributed by atoms with van der Waals surface area (Å²) in [6.07, 6.45) is 0. The van der Waals surface area contributed by atoms with Crippen LogP contribution in [0.25, 0.3) is 0 Å². The van der Waals surface area contributed by atoms with Crippen molar-refractivity contribution in [1.29, 1.82) is 0 Å². The third kappa shape index (κ3) is 3.47. The van der Waals surface area contributed by atoms with Gasteiger partial charge in [-0.1, -0.05) is 17.7 Å². The zero-order valence-corrected chi connectivity index (χ0v) is 12.7. The van der Waals surface area contributed by atoms with Crippen molar-refractivity contribution in [3.8, 4) is 5.75 Å². The van der Waals surface area contributed by atoms with E-state index in [1.165, 1.54) is 0 Å². The number of aryl methyl sites for hydroxylation is 1. The van der Waals surface area contributed by atoms with Gasteiger partial charge in [0.25, 0.3) is 5.91 Å². The van der Waals surface area contributed by atoms with E-state index in [1.807, 2.05) is 13.8 Å². The molecule has 0 unspecified atom stereocenters. The molecule has 2 rings (SSSR count). The van der Waals surface area contributed by atoms with Gasteiger partial charge in [0.1, 0.15) is 11.3 Å². The number of nitrogen functional groups attached to an aromatic ring is 1. The minimum Gasteiger partial charge on any atom is -0.493 e. The molecule has 2 aromatic carbocycles. The maximum absolute atomic E-state index is 12.5. The summed E-state index contributed by atoms with van der Waals surface area (Å²) in [6.45, 7) is 4.19.